The summed E-state index contributed by atoms with van der Waals surface area (Å²) in [5.74, 6) is 0.871. The molecule has 1 atom stereocenters. The normalized spacial score (nSPS) is 16.0. The number of likely N-dealkylation sites (tertiary alicyclic amines) is 1. The van der Waals surface area contributed by atoms with Gasteiger partial charge in [0.1, 0.15) is 17.0 Å². The van der Waals surface area contributed by atoms with Crippen molar-refractivity contribution in [3.63, 3.8) is 0 Å². The van der Waals surface area contributed by atoms with Crippen LogP contribution in [0.4, 0.5) is 10.7 Å². The molecule has 1 aliphatic heterocycles. The fraction of sp³-hybridized carbons (Fsp3) is 0.542. The molecule has 0 radical (unpaired) electrons. The van der Waals surface area contributed by atoms with Crippen molar-refractivity contribution in [3.8, 4) is 23.1 Å². The van der Waals surface area contributed by atoms with E-state index in [1.165, 1.54) is 0 Å². The van der Waals surface area contributed by atoms with Crippen LogP contribution in [-0.4, -0.2) is 64.3 Å². The lowest BCUT2D eigenvalue weighted by Gasteiger charge is -2.34. The number of rotatable bonds is 7. The molecule has 10 heteroatoms. The molecule has 0 unspecified atom stereocenters. The molecule has 0 aliphatic carbocycles. The van der Waals surface area contributed by atoms with Crippen LogP contribution in [0.5, 0.6) is 5.75 Å². The van der Waals surface area contributed by atoms with E-state index in [-0.39, 0.29) is 18.9 Å². The van der Waals surface area contributed by atoms with Crippen LogP contribution in [0.15, 0.2) is 18.2 Å². The minimum Gasteiger partial charge on any atom is -0.467 e. The molecule has 10 nitrogen and oxygen atoms in total. The maximum Gasteiger partial charge on any atom is 0.410 e. The molecule has 1 amide bonds. The summed E-state index contributed by atoms with van der Waals surface area (Å²) >= 11 is 0. The van der Waals surface area contributed by atoms with Crippen molar-refractivity contribution < 1.29 is 19.0 Å². The lowest BCUT2D eigenvalue weighted by molar-refractivity contribution is 0.0205. The van der Waals surface area contributed by atoms with E-state index in [1.54, 1.807) is 23.1 Å². The molecule has 1 N–H and O–H groups in total. The van der Waals surface area contributed by atoms with Gasteiger partial charge in [-0.25, -0.2) is 9.78 Å². The van der Waals surface area contributed by atoms with E-state index >= 15 is 0 Å². The quantitative estimate of drug-likeness (QED) is 0.476. The van der Waals surface area contributed by atoms with E-state index in [0.717, 1.165) is 12.8 Å². The van der Waals surface area contributed by atoms with E-state index < -0.39 is 5.60 Å². The minimum atomic E-state index is -0.534. The third kappa shape index (κ3) is 6.78. The zero-order valence-corrected chi connectivity index (χ0v) is 20.4. The summed E-state index contributed by atoms with van der Waals surface area (Å²) in [4.78, 5) is 18.7. The Bertz CT molecular complexity index is 1050. The van der Waals surface area contributed by atoms with Gasteiger partial charge in [0.25, 0.3) is 0 Å². The van der Waals surface area contributed by atoms with Gasteiger partial charge < -0.3 is 24.4 Å². The van der Waals surface area contributed by atoms with Crippen LogP contribution in [0.2, 0.25) is 0 Å². The van der Waals surface area contributed by atoms with Gasteiger partial charge in [0.15, 0.2) is 6.79 Å². The highest BCUT2D eigenvalue weighted by Crippen LogP contribution is 2.31. The molecular weight excluding hydrogens is 436 g/mol. The molecule has 1 saturated heterocycles. The second-order valence-electron chi connectivity index (χ2n) is 9.06. The predicted molar refractivity (Wildman–Crippen MR) is 126 cm³/mol. The van der Waals surface area contributed by atoms with E-state index in [0.29, 0.717) is 53.9 Å². The van der Waals surface area contributed by atoms with Crippen molar-refractivity contribution >= 4 is 12.0 Å². The first-order chi connectivity index (χ1) is 16.2. The highest BCUT2D eigenvalue weighted by atomic mass is 16.7. The zero-order chi connectivity index (χ0) is 24.7. The molecule has 1 aromatic heterocycles. The average Bonchev–Trinajstić information content (AvgIpc) is 2.79. The molecule has 0 bridgehead atoms. The second kappa shape index (κ2) is 11.1. The van der Waals surface area contributed by atoms with Gasteiger partial charge in [-0.2, -0.15) is 5.26 Å². The van der Waals surface area contributed by atoms with Gasteiger partial charge in [0, 0.05) is 31.3 Å². The molecule has 1 fully saturated rings. The summed E-state index contributed by atoms with van der Waals surface area (Å²) in [6.45, 7) is 11.0. The standard InChI is InChI=1S/C24H32N6O4/c1-6-32-15-33-20-12-17(13-25)9-10-19(20)21-16(2)26-22(29-28-21)27-18-8-7-11-30(14-18)23(31)34-24(3,4)5/h9-10,12,18H,6-8,11,14-15H2,1-5H3,(H,26,27,29)/t18-/m1/s1. The van der Waals surface area contributed by atoms with Gasteiger partial charge in [0.2, 0.25) is 5.95 Å². The van der Waals surface area contributed by atoms with Crippen LogP contribution < -0.4 is 10.1 Å². The summed E-state index contributed by atoms with van der Waals surface area (Å²) in [7, 11) is 0. The Morgan fingerprint density at radius 1 is 1.32 bits per heavy atom. The average molecular weight is 469 g/mol. The molecule has 0 spiro atoms. The first-order valence-electron chi connectivity index (χ1n) is 11.4. The van der Waals surface area contributed by atoms with Crippen LogP contribution in [-0.2, 0) is 9.47 Å². The van der Waals surface area contributed by atoms with Gasteiger partial charge in [-0.3, -0.25) is 0 Å². The zero-order valence-electron chi connectivity index (χ0n) is 20.4. The van der Waals surface area contributed by atoms with Crippen LogP contribution in [0.3, 0.4) is 0 Å². The van der Waals surface area contributed by atoms with Crippen LogP contribution in [0.1, 0.15) is 51.8 Å². The number of piperidine rings is 1. The Labute approximate surface area is 200 Å². The highest BCUT2D eigenvalue weighted by molar-refractivity contribution is 5.70. The Morgan fingerprint density at radius 2 is 2.12 bits per heavy atom. The molecular formula is C24H32N6O4. The smallest absolute Gasteiger partial charge is 0.410 e. The van der Waals surface area contributed by atoms with Crippen molar-refractivity contribution in [2.45, 2.75) is 59.1 Å². The van der Waals surface area contributed by atoms with Gasteiger partial charge in [-0.05, 0) is 65.7 Å². The number of nitrogens with one attached hydrogen (secondary N) is 1. The van der Waals surface area contributed by atoms with Crippen molar-refractivity contribution in [2.24, 2.45) is 0 Å². The predicted octanol–water partition coefficient (Wildman–Crippen LogP) is 3.90. The number of anilines is 1. The number of benzene rings is 1. The van der Waals surface area contributed by atoms with Crippen LogP contribution >= 0.6 is 0 Å². The number of hydrogen-bond donors (Lipinski definition) is 1. The minimum absolute atomic E-state index is 0.00619. The SMILES string of the molecule is CCOCOc1cc(C#N)ccc1-c1nnc(N[C@@H]2CCCN(C(=O)OC(C)(C)C)C2)nc1C. The fourth-order valence-corrected chi connectivity index (χ4v) is 3.58. The number of nitrogens with zero attached hydrogens (tertiary/aromatic N) is 5. The van der Waals surface area contributed by atoms with E-state index in [2.05, 4.69) is 26.6 Å². The molecule has 1 aliphatic rings. The van der Waals surface area contributed by atoms with E-state index in [4.69, 9.17) is 14.2 Å². The lowest BCUT2D eigenvalue weighted by Crippen LogP contribution is -2.47. The number of hydrogen-bond acceptors (Lipinski definition) is 9. The Kier molecular flexibility index (Phi) is 8.23. The van der Waals surface area contributed by atoms with Gasteiger partial charge in [-0.15, -0.1) is 10.2 Å². The summed E-state index contributed by atoms with van der Waals surface area (Å²) in [5, 5.41) is 21.2. The van der Waals surface area contributed by atoms with E-state index in [1.807, 2.05) is 34.6 Å². The molecule has 182 valence electrons. The summed E-state index contributed by atoms with van der Waals surface area (Å²) < 4.78 is 16.5. The molecule has 0 saturated carbocycles. The number of amides is 1. The number of ether oxygens (including phenoxy) is 3. The topological polar surface area (TPSA) is 122 Å². The van der Waals surface area contributed by atoms with Gasteiger partial charge in [-0.1, -0.05) is 0 Å². The van der Waals surface area contributed by atoms with Gasteiger partial charge >= 0.3 is 6.09 Å². The van der Waals surface area contributed by atoms with Crippen molar-refractivity contribution in [1.29, 1.82) is 5.26 Å². The fourth-order valence-electron chi connectivity index (χ4n) is 3.58. The van der Waals surface area contributed by atoms with E-state index in [9.17, 15) is 10.1 Å². The first kappa shape index (κ1) is 25.2. The summed E-state index contributed by atoms with van der Waals surface area (Å²) in [6, 6.07) is 7.22. The number of nitriles is 1. The van der Waals surface area contributed by atoms with Crippen LogP contribution in [0, 0.1) is 18.3 Å². The number of carbonyl (C=O) groups excluding carboxylic acids is 1. The molecule has 2 aromatic rings. The number of aryl methyl sites for hydroxylation is 1. The molecule has 3 rings (SSSR count). The Morgan fingerprint density at radius 3 is 2.79 bits per heavy atom. The number of aromatic nitrogens is 3. The highest BCUT2D eigenvalue weighted by Gasteiger charge is 2.28. The van der Waals surface area contributed by atoms with Gasteiger partial charge in [0.05, 0.1) is 17.3 Å². The largest absolute Gasteiger partial charge is 0.467 e. The maximum absolute atomic E-state index is 12.4. The monoisotopic (exact) mass is 468 g/mol. The maximum atomic E-state index is 12.4. The third-order valence-corrected chi connectivity index (χ3v) is 5.14. The number of carbonyl (C=O) groups is 1. The first-order valence-corrected chi connectivity index (χ1v) is 11.4. The molecule has 34 heavy (non-hydrogen) atoms. The summed E-state index contributed by atoms with van der Waals surface area (Å²) in [6.07, 6.45) is 1.42. The third-order valence-electron chi connectivity index (χ3n) is 5.14. The second-order valence-corrected chi connectivity index (χ2v) is 9.06. The molecule has 2 heterocycles. The molecule has 1 aromatic carbocycles. The van der Waals surface area contributed by atoms with Crippen LogP contribution in [0.25, 0.3) is 11.3 Å². The van der Waals surface area contributed by atoms with Crippen molar-refractivity contribution in [1.82, 2.24) is 20.1 Å². The Hall–Kier alpha value is -3.45. The van der Waals surface area contributed by atoms with Crippen molar-refractivity contribution in [3.05, 3.63) is 29.5 Å². The summed E-state index contributed by atoms with van der Waals surface area (Å²) in [5.41, 5.74) is 1.83. The lowest BCUT2D eigenvalue weighted by atomic mass is 10.1. The van der Waals surface area contributed by atoms with Crippen molar-refractivity contribution in [2.75, 3.05) is 31.8 Å². The Balaban J connectivity index is 1.73.